The fourth-order valence-electron chi connectivity index (χ4n) is 8.26. The Bertz CT molecular complexity index is 1230. The molecule has 0 amide bonds. The number of esters is 3. The Balaban J connectivity index is 4.41. The molecule has 0 heterocycles. The minimum Gasteiger partial charge on any atom is -0.462 e. The number of ether oxygens (including phenoxy) is 3. The fourth-order valence-corrected chi connectivity index (χ4v) is 8.26. The van der Waals surface area contributed by atoms with Crippen LogP contribution in [0.3, 0.4) is 0 Å². The highest BCUT2D eigenvalue weighted by Crippen LogP contribution is 2.15. The van der Waals surface area contributed by atoms with E-state index in [-0.39, 0.29) is 31.1 Å². The molecule has 0 aliphatic carbocycles. The maximum Gasteiger partial charge on any atom is 0.306 e. The number of carbonyl (C=O) groups is 3. The number of carbonyl (C=O) groups excluding carboxylic acids is 3. The summed E-state index contributed by atoms with van der Waals surface area (Å²) in [5.41, 5.74) is 0. The highest BCUT2D eigenvalue weighted by atomic mass is 16.6. The summed E-state index contributed by atoms with van der Waals surface area (Å²) < 4.78 is 16.9. The van der Waals surface area contributed by atoms with Crippen molar-refractivity contribution in [1.82, 2.24) is 0 Å². The molecule has 0 saturated carbocycles. The van der Waals surface area contributed by atoms with Crippen LogP contribution in [0.15, 0.2) is 60.8 Å². The first-order valence-corrected chi connectivity index (χ1v) is 29.3. The molecule has 68 heavy (non-hydrogen) atoms. The summed E-state index contributed by atoms with van der Waals surface area (Å²) in [7, 11) is 0. The van der Waals surface area contributed by atoms with Crippen molar-refractivity contribution < 1.29 is 28.6 Å². The van der Waals surface area contributed by atoms with Crippen LogP contribution in [0.5, 0.6) is 0 Å². The van der Waals surface area contributed by atoms with Gasteiger partial charge in [0.05, 0.1) is 0 Å². The van der Waals surface area contributed by atoms with E-state index in [1.165, 1.54) is 167 Å². The van der Waals surface area contributed by atoms with Crippen molar-refractivity contribution in [2.45, 2.75) is 303 Å². The van der Waals surface area contributed by atoms with E-state index in [9.17, 15) is 14.4 Å². The topological polar surface area (TPSA) is 78.9 Å². The van der Waals surface area contributed by atoms with Crippen LogP contribution in [0.4, 0.5) is 0 Å². The molecule has 0 unspecified atom stereocenters. The Morgan fingerprint density at radius 2 is 0.529 bits per heavy atom. The van der Waals surface area contributed by atoms with Gasteiger partial charge in [-0.1, -0.05) is 229 Å². The van der Waals surface area contributed by atoms with Crippen LogP contribution in [0.25, 0.3) is 0 Å². The minimum absolute atomic E-state index is 0.0873. The Morgan fingerprint density at radius 1 is 0.294 bits per heavy atom. The molecule has 0 radical (unpaired) electrons. The number of rotatable bonds is 53. The van der Waals surface area contributed by atoms with E-state index < -0.39 is 6.10 Å². The van der Waals surface area contributed by atoms with Gasteiger partial charge in [0.2, 0.25) is 0 Å². The van der Waals surface area contributed by atoms with Crippen LogP contribution in [-0.4, -0.2) is 37.2 Å². The summed E-state index contributed by atoms with van der Waals surface area (Å²) in [4.78, 5) is 38.2. The molecule has 0 aromatic carbocycles. The SMILES string of the molecule is CCCCC/C=C\C/C=C\C/C=C\CCCCCCC(=O)O[C@H](COC(=O)CCCCCCC/C=C\CCCCCCC)COC(=O)CCCCCCCCC/C=C\CCCCCCCCCC. The van der Waals surface area contributed by atoms with Gasteiger partial charge in [-0.3, -0.25) is 14.4 Å². The van der Waals surface area contributed by atoms with Gasteiger partial charge in [-0.15, -0.1) is 0 Å². The molecule has 0 aliphatic heterocycles. The van der Waals surface area contributed by atoms with E-state index in [1.54, 1.807) is 0 Å². The van der Waals surface area contributed by atoms with E-state index in [0.717, 1.165) is 89.9 Å². The van der Waals surface area contributed by atoms with Gasteiger partial charge in [0.15, 0.2) is 6.10 Å². The van der Waals surface area contributed by atoms with Crippen molar-refractivity contribution in [3.8, 4) is 0 Å². The number of unbranched alkanes of at least 4 members (excludes halogenated alkanes) is 32. The summed E-state index contributed by atoms with van der Waals surface area (Å²) in [6.45, 7) is 6.60. The Kier molecular flexibility index (Phi) is 54.3. The third-order valence-corrected chi connectivity index (χ3v) is 12.7. The lowest BCUT2D eigenvalue weighted by Crippen LogP contribution is -2.30. The van der Waals surface area contributed by atoms with Gasteiger partial charge in [0.1, 0.15) is 13.2 Å². The highest BCUT2D eigenvalue weighted by Gasteiger charge is 2.19. The molecule has 0 aromatic rings. The van der Waals surface area contributed by atoms with Crippen molar-refractivity contribution in [3.63, 3.8) is 0 Å². The summed E-state index contributed by atoms with van der Waals surface area (Å²) in [6, 6.07) is 0. The predicted molar refractivity (Wildman–Crippen MR) is 293 cm³/mol. The van der Waals surface area contributed by atoms with Crippen LogP contribution >= 0.6 is 0 Å². The van der Waals surface area contributed by atoms with Gasteiger partial charge < -0.3 is 14.2 Å². The lowest BCUT2D eigenvalue weighted by atomic mass is 10.1. The average Bonchev–Trinajstić information content (AvgIpc) is 3.34. The first kappa shape index (κ1) is 65.1. The van der Waals surface area contributed by atoms with E-state index >= 15 is 0 Å². The Labute approximate surface area is 421 Å². The summed E-state index contributed by atoms with van der Waals surface area (Å²) in [5, 5.41) is 0. The van der Waals surface area contributed by atoms with E-state index in [1.807, 2.05) is 0 Å². The van der Waals surface area contributed by atoms with E-state index in [2.05, 4.69) is 81.5 Å². The van der Waals surface area contributed by atoms with Crippen LogP contribution in [0.2, 0.25) is 0 Å². The van der Waals surface area contributed by atoms with E-state index in [0.29, 0.717) is 19.3 Å². The van der Waals surface area contributed by atoms with Crippen molar-refractivity contribution in [1.29, 1.82) is 0 Å². The van der Waals surface area contributed by atoms with Gasteiger partial charge in [-0.05, 0) is 109 Å². The van der Waals surface area contributed by atoms with Gasteiger partial charge in [-0.25, -0.2) is 0 Å². The molecular formula is C62H110O6. The predicted octanol–water partition coefficient (Wildman–Crippen LogP) is 19.6. The van der Waals surface area contributed by atoms with Gasteiger partial charge in [0, 0.05) is 19.3 Å². The normalized spacial score (nSPS) is 12.5. The van der Waals surface area contributed by atoms with Gasteiger partial charge >= 0.3 is 17.9 Å². The summed E-state index contributed by atoms with van der Waals surface area (Å²) in [5.74, 6) is -0.911. The molecule has 6 heteroatoms. The smallest absolute Gasteiger partial charge is 0.306 e. The first-order chi connectivity index (χ1) is 33.5. The molecule has 6 nitrogen and oxygen atoms in total. The highest BCUT2D eigenvalue weighted by molar-refractivity contribution is 5.71. The monoisotopic (exact) mass is 951 g/mol. The Morgan fingerprint density at radius 3 is 0.868 bits per heavy atom. The Hall–Kier alpha value is -2.89. The molecule has 0 spiro atoms. The maximum atomic E-state index is 12.9. The molecule has 1 atom stereocenters. The zero-order chi connectivity index (χ0) is 49.3. The van der Waals surface area contributed by atoms with Crippen molar-refractivity contribution in [2.24, 2.45) is 0 Å². The zero-order valence-electron chi connectivity index (χ0n) is 45.1. The lowest BCUT2D eigenvalue weighted by Gasteiger charge is -2.18. The van der Waals surface area contributed by atoms with E-state index in [4.69, 9.17) is 14.2 Å². The number of hydrogen-bond donors (Lipinski definition) is 0. The molecule has 0 aromatic heterocycles. The van der Waals surface area contributed by atoms with Crippen molar-refractivity contribution >= 4 is 17.9 Å². The van der Waals surface area contributed by atoms with Crippen LogP contribution < -0.4 is 0 Å². The fraction of sp³-hybridized carbons (Fsp3) is 0.790. The molecule has 0 aliphatic rings. The van der Waals surface area contributed by atoms with Crippen LogP contribution in [0.1, 0.15) is 297 Å². The third kappa shape index (κ3) is 54.1. The zero-order valence-corrected chi connectivity index (χ0v) is 45.1. The third-order valence-electron chi connectivity index (χ3n) is 12.7. The van der Waals surface area contributed by atoms with Crippen LogP contribution in [0, 0.1) is 0 Å². The second-order valence-electron chi connectivity index (χ2n) is 19.5. The molecule has 0 saturated heterocycles. The molecule has 0 bridgehead atoms. The molecule has 0 rings (SSSR count). The van der Waals surface area contributed by atoms with Gasteiger partial charge in [0.25, 0.3) is 0 Å². The number of allylic oxidation sites excluding steroid dienone is 10. The summed E-state index contributed by atoms with van der Waals surface area (Å²) in [6.07, 6.45) is 70.6. The molecule has 0 N–H and O–H groups in total. The second kappa shape index (κ2) is 56.7. The maximum absolute atomic E-state index is 12.9. The number of hydrogen-bond acceptors (Lipinski definition) is 6. The summed E-state index contributed by atoms with van der Waals surface area (Å²) >= 11 is 0. The quantitative estimate of drug-likeness (QED) is 0.0262. The van der Waals surface area contributed by atoms with Crippen molar-refractivity contribution in [3.05, 3.63) is 60.8 Å². The molecule has 394 valence electrons. The average molecular weight is 952 g/mol. The van der Waals surface area contributed by atoms with Crippen molar-refractivity contribution in [2.75, 3.05) is 13.2 Å². The molecule has 0 fully saturated rings. The standard InChI is InChI=1S/C62H110O6/c1-4-7-10-13-16-19-22-25-28-30-31-33-34-37-40-43-46-49-52-55-61(64)67-58-59(57-66-60(63)54-51-48-45-42-39-36-27-24-21-18-15-12-9-6-3)68-62(65)56-53-50-47-44-41-38-35-32-29-26-23-20-17-14-11-8-5-2/h17,20,24,26-27,29-31,35,38,59H,4-16,18-19,21-23,25,28,32-34,36-37,39-58H2,1-3H3/b20-17-,27-24-,29-26-,31-30-,38-35-/t59-/m1/s1. The minimum atomic E-state index is -0.791. The largest absolute Gasteiger partial charge is 0.462 e. The van der Waals surface area contributed by atoms with Crippen LogP contribution in [-0.2, 0) is 28.6 Å². The molecular weight excluding hydrogens is 841 g/mol. The second-order valence-corrected chi connectivity index (χ2v) is 19.5. The first-order valence-electron chi connectivity index (χ1n) is 29.3. The van der Waals surface area contributed by atoms with Gasteiger partial charge in [-0.2, -0.15) is 0 Å². The lowest BCUT2D eigenvalue weighted by molar-refractivity contribution is -0.167.